The van der Waals surface area contributed by atoms with Gasteiger partial charge in [-0.05, 0) is 32.1 Å². The summed E-state index contributed by atoms with van der Waals surface area (Å²) >= 11 is 3.55. The summed E-state index contributed by atoms with van der Waals surface area (Å²) in [5.41, 5.74) is 3.55. The molecule has 29 heavy (non-hydrogen) atoms. The van der Waals surface area contributed by atoms with Gasteiger partial charge < -0.3 is 10.4 Å². The summed E-state index contributed by atoms with van der Waals surface area (Å²) in [7, 11) is 0. The first-order valence-corrected chi connectivity index (χ1v) is 10.4. The molecule has 1 aromatic heterocycles. The Kier molecular flexibility index (Phi) is 7.67. The van der Waals surface area contributed by atoms with Crippen LogP contribution in [0, 0.1) is 6.92 Å². The fourth-order valence-electron chi connectivity index (χ4n) is 3.34. The van der Waals surface area contributed by atoms with Gasteiger partial charge in [-0.3, -0.25) is 9.78 Å². The van der Waals surface area contributed by atoms with Gasteiger partial charge in [0.2, 0.25) is 0 Å². The molecule has 0 saturated heterocycles. The number of hydrogen-bond donors (Lipinski definition) is 2. The Labute approximate surface area is 179 Å². The van der Waals surface area contributed by atoms with E-state index in [4.69, 9.17) is 0 Å². The van der Waals surface area contributed by atoms with Gasteiger partial charge in [-0.25, -0.2) is 4.79 Å². The van der Waals surface area contributed by atoms with Gasteiger partial charge in [0.15, 0.2) is 17.5 Å². The molecule has 154 valence electrons. The molecule has 0 saturated carbocycles. The minimum absolute atomic E-state index is 0.0334. The fraction of sp³-hybridized carbons (Fsp3) is 0.364. The molecular weight excluding hydrogens is 434 g/mol. The molecule has 0 spiro atoms. The molecule has 6 nitrogen and oxygen atoms in total. The number of pyridine rings is 1. The Bertz CT molecular complexity index is 958. The van der Waals surface area contributed by atoms with Crippen LogP contribution >= 0.6 is 15.9 Å². The summed E-state index contributed by atoms with van der Waals surface area (Å²) in [5.74, 6) is -1.35. The molecule has 2 rings (SSSR count). The summed E-state index contributed by atoms with van der Waals surface area (Å²) in [6.07, 6.45) is 9.06. The van der Waals surface area contributed by atoms with E-state index in [9.17, 15) is 14.7 Å². The van der Waals surface area contributed by atoms with Crippen LogP contribution in [-0.4, -0.2) is 38.3 Å². The minimum Gasteiger partial charge on any atom is -0.478 e. The molecule has 1 aliphatic rings. The maximum Gasteiger partial charge on any atom is 0.337 e. The number of carboxylic acid groups (broad SMARTS) is 1. The molecule has 1 aromatic rings. The minimum atomic E-state index is -1.08. The predicted molar refractivity (Wildman–Crippen MR) is 119 cm³/mol. The first-order chi connectivity index (χ1) is 13.7. The van der Waals surface area contributed by atoms with E-state index in [1.165, 1.54) is 12.3 Å². The normalized spacial score (nSPS) is 17.4. The molecule has 0 aromatic carbocycles. The van der Waals surface area contributed by atoms with Crippen LogP contribution in [-0.2, 0) is 4.79 Å². The van der Waals surface area contributed by atoms with Crippen LogP contribution in [0.2, 0.25) is 0 Å². The summed E-state index contributed by atoms with van der Waals surface area (Å²) in [6.45, 7) is 9.70. The number of hydrogen-bond acceptors (Lipinski definition) is 3. The predicted octanol–water partition coefficient (Wildman–Crippen LogP) is 4.81. The molecular formula is C22H27BrN3O3+. The first kappa shape index (κ1) is 22.7. The van der Waals surface area contributed by atoms with E-state index in [0.717, 1.165) is 22.3 Å². The van der Waals surface area contributed by atoms with E-state index in [1.807, 2.05) is 26.0 Å². The number of allylic oxidation sites excluding steroid dienone is 4. The van der Waals surface area contributed by atoms with E-state index < -0.39 is 5.97 Å². The average molecular weight is 461 g/mol. The summed E-state index contributed by atoms with van der Waals surface area (Å²) in [6, 6.07) is 1.57. The monoisotopic (exact) mass is 460 g/mol. The lowest BCUT2D eigenvalue weighted by Crippen LogP contribution is -2.30. The van der Waals surface area contributed by atoms with Crippen molar-refractivity contribution in [2.24, 2.45) is 0 Å². The summed E-state index contributed by atoms with van der Waals surface area (Å²) in [5, 5.41) is 12.0. The van der Waals surface area contributed by atoms with E-state index in [2.05, 4.69) is 43.8 Å². The Morgan fingerprint density at radius 1 is 1.31 bits per heavy atom. The lowest BCUT2D eigenvalue weighted by Gasteiger charge is -2.16. The number of nitrogens with zero attached hydrogens (tertiary/aromatic N) is 2. The Balaban J connectivity index is 2.48. The maximum atomic E-state index is 13.0. The van der Waals surface area contributed by atoms with Crippen molar-refractivity contribution in [2.75, 3.05) is 5.32 Å². The van der Waals surface area contributed by atoms with Gasteiger partial charge in [-0.2, -0.15) is 4.58 Å². The Morgan fingerprint density at radius 2 is 2.00 bits per heavy atom. The number of halogens is 1. The third-order valence-electron chi connectivity index (χ3n) is 4.94. The number of aryl methyl sites for hydroxylation is 1. The lowest BCUT2D eigenvalue weighted by molar-refractivity contribution is -0.509. The molecule has 1 unspecified atom stereocenters. The van der Waals surface area contributed by atoms with Gasteiger partial charge in [-0.1, -0.05) is 29.8 Å². The van der Waals surface area contributed by atoms with E-state index >= 15 is 0 Å². The average Bonchev–Trinajstić information content (AvgIpc) is 2.81. The van der Waals surface area contributed by atoms with Crippen LogP contribution in [0.1, 0.15) is 56.6 Å². The molecule has 1 atom stereocenters. The van der Waals surface area contributed by atoms with Gasteiger partial charge >= 0.3 is 5.97 Å². The Hall–Kier alpha value is -2.54. The van der Waals surface area contributed by atoms with Crippen molar-refractivity contribution in [3.05, 3.63) is 57.5 Å². The second-order valence-corrected chi connectivity index (χ2v) is 7.83. The number of carbonyl (C=O) groups is 2. The number of rotatable bonds is 6. The number of amides is 1. The zero-order valence-electron chi connectivity index (χ0n) is 17.4. The number of aromatic nitrogens is 1. The van der Waals surface area contributed by atoms with Gasteiger partial charge in [-0.15, -0.1) is 0 Å². The smallest absolute Gasteiger partial charge is 0.337 e. The zero-order chi connectivity index (χ0) is 21.7. The SMILES string of the molecule is CC/C(=C(/C)C(=O)Nc1cc(C(=O)O)cnc1C)[N+]1=C(C)C=C(Br)C=CC1CC. The Morgan fingerprint density at radius 3 is 2.59 bits per heavy atom. The second kappa shape index (κ2) is 9.78. The largest absolute Gasteiger partial charge is 0.478 e. The van der Waals surface area contributed by atoms with Crippen molar-refractivity contribution in [1.82, 2.24) is 4.98 Å². The molecule has 1 amide bonds. The first-order valence-electron chi connectivity index (χ1n) is 9.58. The van der Waals surface area contributed by atoms with Gasteiger partial charge in [0.25, 0.3) is 5.91 Å². The highest BCUT2D eigenvalue weighted by atomic mass is 79.9. The number of nitrogens with one attached hydrogen (secondary N) is 1. The molecule has 0 radical (unpaired) electrons. The van der Waals surface area contributed by atoms with E-state index in [1.54, 1.807) is 13.8 Å². The van der Waals surface area contributed by atoms with Crippen molar-refractivity contribution >= 4 is 39.2 Å². The molecule has 2 heterocycles. The van der Waals surface area contributed by atoms with Crippen LogP contribution in [0.15, 0.2) is 46.2 Å². The lowest BCUT2D eigenvalue weighted by atomic mass is 10.1. The van der Waals surface area contributed by atoms with Crippen molar-refractivity contribution in [1.29, 1.82) is 0 Å². The second-order valence-electron chi connectivity index (χ2n) is 6.92. The quantitative estimate of drug-likeness (QED) is 0.471. The summed E-state index contributed by atoms with van der Waals surface area (Å²) < 4.78 is 3.18. The molecule has 7 heteroatoms. The molecule has 0 bridgehead atoms. The van der Waals surface area contributed by atoms with Crippen molar-refractivity contribution in [3.63, 3.8) is 0 Å². The number of carbonyl (C=O) groups excluding carboxylic acids is 1. The fourth-order valence-corrected chi connectivity index (χ4v) is 3.82. The maximum absolute atomic E-state index is 13.0. The molecule has 0 fully saturated rings. The zero-order valence-corrected chi connectivity index (χ0v) is 19.0. The van der Waals surface area contributed by atoms with Crippen molar-refractivity contribution < 1.29 is 19.3 Å². The number of aromatic carboxylic acids is 1. The summed E-state index contributed by atoms with van der Waals surface area (Å²) in [4.78, 5) is 28.3. The van der Waals surface area contributed by atoms with E-state index in [-0.39, 0.29) is 17.5 Å². The number of anilines is 1. The van der Waals surface area contributed by atoms with Gasteiger partial charge in [0.1, 0.15) is 0 Å². The molecule has 2 N–H and O–H groups in total. The van der Waals surface area contributed by atoms with Crippen LogP contribution in [0.25, 0.3) is 0 Å². The topological polar surface area (TPSA) is 82.3 Å². The highest BCUT2D eigenvalue weighted by Crippen LogP contribution is 2.23. The molecule has 1 aliphatic heterocycles. The van der Waals surface area contributed by atoms with Gasteiger partial charge in [0, 0.05) is 36.5 Å². The third kappa shape index (κ3) is 5.29. The third-order valence-corrected chi connectivity index (χ3v) is 5.43. The van der Waals surface area contributed by atoms with Crippen LogP contribution in [0.3, 0.4) is 0 Å². The van der Waals surface area contributed by atoms with E-state index in [0.29, 0.717) is 23.4 Å². The van der Waals surface area contributed by atoms with Crippen molar-refractivity contribution in [3.8, 4) is 0 Å². The van der Waals surface area contributed by atoms with Gasteiger partial charge in [0.05, 0.1) is 22.5 Å². The molecule has 0 aliphatic carbocycles. The highest BCUT2D eigenvalue weighted by molar-refractivity contribution is 9.11. The van der Waals surface area contributed by atoms with Crippen LogP contribution in [0.4, 0.5) is 5.69 Å². The van der Waals surface area contributed by atoms with Crippen molar-refractivity contribution in [2.45, 2.75) is 53.5 Å². The standard InChI is InChI=1S/C22H26BrN3O3/c1-6-18-9-8-17(23)10-13(3)26(18)20(7-2)14(4)21(27)25-19-11-16(22(28)29)12-24-15(19)5/h8-12,18H,6-7H2,1-5H3,(H-,25,27,28,29)/p+1/b20-14+. The van der Waals surface area contributed by atoms with Crippen LogP contribution < -0.4 is 5.32 Å². The number of carboxylic acids is 1. The van der Waals surface area contributed by atoms with Crippen LogP contribution in [0.5, 0.6) is 0 Å². The highest BCUT2D eigenvalue weighted by Gasteiger charge is 2.28.